The maximum absolute atomic E-state index is 11.3. The largest absolute Gasteiger partial charge is 0.481 e. The second-order valence-corrected chi connectivity index (χ2v) is 7.02. The molecule has 3 nitrogen and oxygen atoms in total. The number of carboxylic acid groups (broad SMARTS) is 1. The summed E-state index contributed by atoms with van der Waals surface area (Å²) in [6.07, 6.45) is 13.8. The Labute approximate surface area is 131 Å². The van der Waals surface area contributed by atoms with Gasteiger partial charge in [-0.2, -0.15) is 0 Å². The van der Waals surface area contributed by atoms with E-state index in [1.54, 1.807) is 0 Å². The maximum Gasteiger partial charge on any atom is 0.305 e. The molecule has 1 fully saturated rings. The number of hydrogen-bond donors (Lipinski definition) is 1. The average molecular weight is 297 g/mol. The van der Waals surface area contributed by atoms with Crippen molar-refractivity contribution in [2.45, 2.75) is 102 Å². The molecule has 0 heterocycles. The molecule has 0 aromatic rings. The van der Waals surface area contributed by atoms with Crippen molar-refractivity contribution in [3.8, 4) is 0 Å². The minimum absolute atomic E-state index is 0.0904. The van der Waals surface area contributed by atoms with Gasteiger partial charge in [0.05, 0.1) is 6.42 Å². The van der Waals surface area contributed by atoms with E-state index in [1.807, 2.05) is 0 Å². The molecule has 0 aromatic carbocycles. The van der Waals surface area contributed by atoms with Crippen LogP contribution in [-0.2, 0) is 4.79 Å². The molecular formula is C18H35NO2. The number of hydrogen-bond acceptors (Lipinski definition) is 2. The number of aliphatic carboxylic acids is 1. The molecular weight excluding hydrogens is 262 g/mol. The Bertz CT molecular complexity index is 298. The summed E-state index contributed by atoms with van der Waals surface area (Å²) in [4.78, 5) is 13.7. The third-order valence-corrected chi connectivity index (χ3v) is 5.40. The first-order valence-corrected chi connectivity index (χ1v) is 8.96. The van der Waals surface area contributed by atoms with Crippen molar-refractivity contribution in [2.75, 3.05) is 7.05 Å². The maximum atomic E-state index is 11.3. The zero-order chi connectivity index (χ0) is 15.7. The molecule has 1 aliphatic rings. The van der Waals surface area contributed by atoms with E-state index >= 15 is 0 Å². The Morgan fingerprint density at radius 1 is 1.14 bits per heavy atom. The van der Waals surface area contributed by atoms with E-state index in [0.717, 1.165) is 12.8 Å². The molecule has 3 heteroatoms. The minimum atomic E-state index is -0.640. The molecule has 1 N–H and O–H groups in total. The van der Waals surface area contributed by atoms with Crippen molar-refractivity contribution in [1.82, 2.24) is 4.90 Å². The Morgan fingerprint density at radius 2 is 1.76 bits per heavy atom. The van der Waals surface area contributed by atoms with E-state index in [9.17, 15) is 9.90 Å². The van der Waals surface area contributed by atoms with Gasteiger partial charge in [0.15, 0.2) is 0 Å². The second-order valence-electron chi connectivity index (χ2n) is 7.02. The van der Waals surface area contributed by atoms with Gasteiger partial charge in [0.2, 0.25) is 0 Å². The zero-order valence-corrected chi connectivity index (χ0v) is 14.4. The zero-order valence-electron chi connectivity index (χ0n) is 14.4. The SMILES string of the molecule is CCCCCCCC(C)N(C)C1(CC(=O)O)CCCCC1. The van der Waals surface area contributed by atoms with Gasteiger partial charge >= 0.3 is 5.97 Å². The summed E-state index contributed by atoms with van der Waals surface area (Å²) in [7, 11) is 2.16. The Balaban J connectivity index is 2.50. The number of unbranched alkanes of at least 4 members (excludes halogenated alkanes) is 4. The molecule has 0 spiro atoms. The standard InChI is InChI=1S/C18H35NO2/c1-4-5-6-7-9-12-16(2)19(3)18(15-17(20)21)13-10-8-11-14-18/h16H,4-15H2,1-3H3,(H,20,21). The quantitative estimate of drug-likeness (QED) is 0.586. The van der Waals surface area contributed by atoms with Gasteiger partial charge in [0.25, 0.3) is 0 Å². The van der Waals surface area contributed by atoms with Crippen LogP contribution in [0.3, 0.4) is 0 Å². The Kier molecular flexibility index (Phi) is 8.31. The first kappa shape index (κ1) is 18.5. The molecule has 0 saturated heterocycles. The third kappa shape index (κ3) is 5.98. The van der Waals surface area contributed by atoms with E-state index in [-0.39, 0.29) is 5.54 Å². The van der Waals surface area contributed by atoms with Gasteiger partial charge in [-0.1, -0.05) is 58.3 Å². The van der Waals surface area contributed by atoms with Gasteiger partial charge in [-0.25, -0.2) is 0 Å². The summed E-state index contributed by atoms with van der Waals surface area (Å²) in [5.41, 5.74) is -0.0904. The molecule has 1 unspecified atom stereocenters. The predicted molar refractivity (Wildman–Crippen MR) is 88.7 cm³/mol. The fraction of sp³-hybridized carbons (Fsp3) is 0.944. The number of carboxylic acids is 1. The van der Waals surface area contributed by atoms with E-state index in [1.165, 1.54) is 57.8 Å². The highest BCUT2D eigenvalue weighted by atomic mass is 16.4. The molecule has 0 radical (unpaired) electrons. The lowest BCUT2D eigenvalue weighted by Gasteiger charge is -2.47. The van der Waals surface area contributed by atoms with Gasteiger partial charge in [0.1, 0.15) is 0 Å². The molecule has 1 saturated carbocycles. The summed E-state index contributed by atoms with van der Waals surface area (Å²) < 4.78 is 0. The van der Waals surface area contributed by atoms with Crippen molar-refractivity contribution in [1.29, 1.82) is 0 Å². The molecule has 0 aromatic heterocycles. The molecule has 21 heavy (non-hydrogen) atoms. The smallest absolute Gasteiger partial charge is 0.305 e. The van der Waals surface area contributed by atoms with Crippen LogP contribution in [0.25, 0.3) is 0 Å². The van der Waals surface area contributed by atoms with Gasteiger partial charge in [-0.05, 0) is 33.2 Å². The van der Waals surface area contributed by atoms with Gasteiger partial charge in [0, 0.05) is 11.6 Å². The minimum Gasteiger partial charge on any atom is -0.481 e. The first-order valence-electron chi connectivity index (χ1n) is 8.96. The van der Waals surface area contributed by atoms with Crippen LogP contribution in [0.1, 0.15) is 90.9 Å². The first-order chi connectivity index (χ1) is 10.0. The highest BCUT2D eigenvalue weighted by molar-refractivity contribution is 5.68. The fourth-order valence-corrected chi connectivity index (χ4v) is 3.85. The van der Waals surface area contributed by atoms with Crippen LogP contribution in [0.4, 0.5) is 0 Å². The van der Waals surface area contributed by atoms with Crippen LogP contribution < -0.4 is 0 Å². The summed E-state index contributed by atoms with van der Waals surface area (Å²) in [6.45, 7) is 4.52. The normalized spacial score (nSPS) is 19.6. The van der Waals surface area contributed by atoms with Crippen molar-refractivity contribution < 1.29 is 9.90 Å². The van der Waals surface area contributed by atoms with Crippen LogP contribution in [-0.4, -0.2) is 34.6 Å². The molecule has 0 bridgehead atoms. The van der Waals surface area contributed by atoms with E-state index in [0.29, 0.717) is 12.5 Å². The van der Waals surface area contributed by atoms with Gasteiger partial charge in [-0.15, -0.1) is 0 Å². The highest BCUT2D eigenvalue weighted by Gasteiger charge is 2.39. The lowest BCUT2D eigenvalue weighted by molar-refractivity contribution is -0.141. The number of carbonyl (C=O) groups is 1. The Morgan fingerprint density at radius 3 is 2.33 bits per heavy atom. The van der Waals surface area contributed by atoms with Crippen molar-refractivity contribution in [3.05, 3.63) is 0 Å². The van der Waals surface area contributed by atoms with Crippen LogP contribution >= 0.6 is 0 Å². The Hall–Kier alpha value is -0.570. The lowest BCUT2D eigenvalue weighted by atomic mass is 9.77. The van der Waals surface area contributed by atoms with Crippen LogP contribution in [0.2, 0.25) is 0 Å². The second kappa shape index (κ2) is 9.45. The third-order valence-electron chi connectivity index (χ3n) is 5.40. The number of rotatable bonds is 10. The van der Waals surface area contributed by atoms with E-state index in [4.69, 9.17) is 0 Å². The van der Waals surface area contributed by atoms with E-state index in [2.05, 4.69) is 25.8 Å². The summed E-state index contributed by atoms with van der Waals surface area (Å²) in [5, 5.41) is 9.31. The topological polar surface area (TPSA) is 40.5 Å². The van der Waals surface area contributed by atoms with Crippen molar-refractivity contribution in [3.63, 3.8) is 0 Å². The van der Waals surface area contributed by atoms with Crippen LogP contribution in [0, 0.1) is 0 Å². The lowest BCUT2D eigenvalue weighted by Crippen LogP contribution is -2.53. The molecule has 1 atom stereocenters. The average Bonchev–Trinajstić information content (AvgIpc) is 2.46. The predicted octanol–water partition coefficient (Wildman–Crippen LogP) is 4.84. The van der Waals surface area contributed by atoms with Crippen LogP contribution in [0.5, 0.6) is 0 Å². The molecule has 0 amide bonds. The highest BCUT2D eigenvalue weighted by Crippen LogP contribution is 2.37. The molecule has 0 aliphatic heterocycles. The van der Waals surface area contributed by atoms with Crippen molar-refractivity contribution in [2.24, 2.45) is 0 Å². The van der Waals surface area contributed by atoms with Gasteiger partial charge < -0.3 is 5.11 Å². The molecule has 124 valence electrons. The van der Waals surface area contributed by atoms with Crippen molar-refractivity contribution >= 4 is 5.97 Å². The molecule has 1 rings (SSSR count). The summed E-state index contributed by atoms with van der Waals surface area (Å²) in [6, 6.07) is 0.490. The summed E-state index contributed by atoms with van der Waals surface area (Å²) >= 11 is 0. The van der Waals surface area contributed by atoms with Crippen LogP contribution in [0.15, 0.2) is 0 Å². The fourth-order valence-electron chi connectivity index (χ4n) is 3.85. The monoisotopic (exact) mass is 297 g/mol. The summed E-state index contributed by atoms with van der Waals surface area (Å²) in [5.74, 6) is -0.640. The number of nitrogens with zero attached hydrogens (tertiary/aromatic N) is 1. The molecule has 1 aliphatic carbocycles. The van der Waals surface area contributed by atoms with E-state index < -0.39 is 5.97 Å². The van der Waals surface area contributed by atoms with Gasteiger partial charge in [-0.3, -0.25) is 9.69 Å².